The van der Waals surface area contributed by atoms with Crippen molar-refractivity contribution in [1.29, 1.82) is 0 Å². The number of rotatable bonds is 38. The lowest BCUT2D eigenvalue weighted by Crippen LogP contribution is -2.34. The molecule has 0 aromatic carbocycles. The van der Waals surface area contributed by atoms with Gasteiger partial charge in [0.1, 0.15) is 12.6 Å². The zero-order valence-corrected chi connectivity index (χ0v) is 38.9. The zero-order chi connectivity index (χ0) is 46.6. The predicted molar refractivity (Wildman–Crippen MR) is 246 cm³/mol. The first-order valence-corrected chi connectivity index (χ1v) is 24.7. The molecule has 0 spiro atoms. The second-order valence-electron chi connectivity index (χ2n) is 16.1. The average molecular weight is 910 g/mol. The van der Waals surface area contributed by atoms with Crippen LogP contribution in [0.15, 0.2) is 72.9 Å². The van der Waals surface area contributed by atoms with Gasteiger partial charge in [-0.05, 0) is 70.1 Å². The predicted octanol–water partition coefficient (Wildman–Crippen LogP) is 8.88. The lowest BCUT2D eigenvalue weighted by Gasteiger charge is -2.21. The fourth-order valence-electron chi connectivity index (χ4n) is 6.85. The number of allylic oxidation sites excluding steroid dienone is 10. The number of hydrogen-bond acceptors (Lipinski definition) is 12. The first-order valence-electron chi connectivity index (χ1n) is 23.2. The molecule has 14 nitrogen and oxygen atoms in total. The van der Waals surface area contributed by atoms with Gasteiger partial charge in [-0.2, -0.15) is 0 Å². The summed E-state index contributed by atoms with van der Waals surface area (Å²) in [5, 5.41) is 40.3. The van der Waals surface area contributed by atoms with Gasteiger partial charge >= 0.3 is 25.7 Å². The van der Waals surface area contributed by atoms with Crippen molar-refractivity contribution in [2.24, 2.45) is 17.6 Å². The maximum Gasteiger partial charge on any atom is 0.472 e. The van der Waals surface area contributed by atoms with Gasteiger partial charge in [-0.1, -0.05) is 138 Å². The molecule has 0 radical (unpaired) electrons. The van der Waals surface area contributed by atoms with Crippen LogP contribution in [0.5, 0.6) is 0 Å². The first-order chi connectivity index (χ1) is 30.3. The normalized spacial score (nSPS) is 20.7. The van der Waals surface area contributed by atoms with Crippen LogP contribution in [0.2, 0.25) is 0 Å². The van der Waals surface area contributed by atoms with Crippen LogP contribution >= 0.6 is 7.82 Å². The Kier molecular flexibility index (Phi) is 34.0. The standard InChI is InChI=1S/C48H80NO13P/c1-3-5-7-8-9-10-11-12-13-14-15-16-17-18-19-20-21-22-28-32-47(54)62-40(37-60-63(57,58)61-38-43(49)48(55)56)36-59-46(53)31-27-24-23-26-30-41-42(45(52)35-44(41)51)34-33-39(50)29-25-6-4-2/h9-10,12-13,15-16,18-19,21-22,33-34,39-45,50-52H,3-8,11,14,17,20,23-32,35-38,49H2,1-2H3,(H,55,56)(H,57,58)/b10-9-,13-12-,16-15-,19-18-,22-21-,34-33+/t39-,40+,41+,42+,43-,44-,45+/m0/s1. The van der Waals surface area contributed by atoms with E-state index in [0.29, 0.717) is 44.9 Å². The summed E-state index contributed by atoms with van der Waals surface area (Å²) in [4.78, 5) is 46.2. The molecule has 63 heavy (non-hydrogen) atoms. The number of unbranched alkanes of at least 4 members (excludes halogenated alkanes) is 8. The topological polar surface area (TPSA) is 232 Å². The van der Waals surface area contributed by atoms with Crippen molar-refractivity contribution >= 4 is 25.7 Å². The second kappa shape index (κ2) is 37.1. The quantitative estimate of drug-likeness (QED) is 0.0147. The molecule has 0 heterocycles. The van der Waals surface area contributed by atoms with Gasteiger partial charge in [-0.3, -0.25) is 23.4 Å². The number of carbonyl (C=O) groups excluding carboxylic acids is 2. The second-order valence-corrected chi connectivity index (χ2v) is 17.6. The number of phosphoric acid groups is 1. The van der Waals surface area contributed by atoms with Gasteiger partial charge in [0.25, 0.3) is 0 Å². The Bertz CT molecular complexity index is 1460. The van der Waals surface area contributed by atoms with Crippen molar-refractivity contribution in [2.75, 3.05) is 19.8 Å². The SMILES string of the molecule is CCCCC/C=C\C/C=C\C/C=C\C/C=C\C/C=C\CCC(=O)O[C@H](COC(=O)CCCCCC[C@@H]1[C@@H](/C=C/[C@@H](O)CCCCC)[C@H](O)C[C@@H]1O)COP(=O)(O)OC[C@H](N)C(=O)O. The van der Waals surface area contributed by atoms with Crippen molar-refractivity contribution in [2.45, 2.75) is 179 Å². The molecule has 0 aliphatic heterocycles. The molecule has 1 fully saturated rings. The summed E-state index contributed by atoms with van der Waals surface area (Å²) < 4.78 is 32.7. The number of hydrogen-bond donors (Lipinski definition) is 6. The number of aliphatic carboxylic acids is 1. The molecule has 1 saturated carbocycles. The van der Waals surface area contributed by atoms with Crippen molar-refractivity contribution in [3.8, 4) is 0 Å². The van der Waals surface area contributed by atoms with Crippen molar-refractivity contribution in [3.05, 3.63) is 72.9 Å². The smallest absolute Gasteiger partial charge is 0.472 e. The van der Waals surface area contributed by atoms with E-state index in [0.717, 1.165) is 57.8 Å². The molecule has 0 saturated heterocycles. The lowest BCUT2D eigenvalue weighted by molar-refractivity contribution is -0.161. The molecule has 1 aliphatic rings. The Morgan fingerprint density at radius 1 is 0.698 bits per heavy atom. The highest BCUT2D eigenvalue weighted by Gasteiger charge is 2.39. The number of ether oxygens (including phenoxy) is 2. The Morgan fingerprint density at radius 2 is 1.27 bits per heavy atom. The molecule has 0 amide bonds. The van der Waals surface area contributed by atoms with Gasteiger partial charge in [0.15, 0.2) is 6.10 Å². The van der Waals surface area contributed by atoms with Crippen molar-refractivity contribution < 1.29 is 62.8 Å². The molecule has 360 valence electrons. The van der Waals surface area contributed by atoms with Crippen LogP contribution in [-0.2, 0) is 37.5 Å². The van der Waals surface area contributed by atoms with Crippen LogP contribution < -0.4 is 5.73 Å². The molecule has 1 aliphatic carbocycles. The number of phosphoric ester groups is 1. The molecule has 8 atom stereocenters. The van der Waals surface area contributed by atoms with Crippen LogP contribution in [0.25, 0.3) is 0 Å². The third kappa shape index (κ3) is 31.3. The summed E-state index contributed by atoms with van der Waals surface area (Å²) >= 11 is 0. The van der Waals surface area contributed by atoms with Crippen LogP contribution in [0.4, 0.5) is 0 Å². The van der Waals surface area contributed by atoms with Crippen LogP contribution in [-0.4, -0.2) is 93.5 Å². The molecular formula is C48H80NO13P. The van der Waals surface area contributed by atoms with Gasteiger partial charge in [0.05, 0.1) is 31.5 Å². The van der Waals surface area contributed by atoms with Crippen LogP contribution in [0.1, 0.15) is 149 Å². The highest BCUT2D eigenvalue weighted by atomic mass is 31.2. The van der Waals surface area contributed by atoms with E-state index in [1.807, 2.05) is 24.3 Å². The van der Waals surface area contributed by atoms with E-state index < -0.39 is 76.0 Å². The number of esters is 2. The summed E-state index contributed by atoms with van der Waals surface area (Å²) in [6, 6.07) is -1.57. The molecule has 0 aromatic rings. The summed E-state index contributed by atoms with van der Waals surface area (Å²) in [5.74, 6) is -3.01. The molecule has 1 unspecified atom stereocenters. The van der Waals surface area contributed by atoms with E-state index in [2.05, 4.69) is 60.9 Å². The highest BCUT2D eigenvalue weighted by Crippen LogP contribution is 2.43. The van der Waals surface area contributed by atoms with E-state index in [9.17, 15) is 39.2 Å². The zero-order valence-electron chi connectivity index (χ0n) is 38.0. The Hall–Kier alpha value is -3.20. The number of aliphatic hydroxyl groups is 3. The monoisotopic (exact) mass is 910 g/mol. The number of carbonyl (C=O) groups is 3. The minimum atomic E-state index is -4.80. The van der Waals surface area contributed by atoms with Crippen molar-refractivity contribution in [1.82, 2.24) is 0 Å². The van der Waals surface area contributed by atoms with Crippen LogP contribution in [0.3, 0.4) is 0 Å². The Labute approximate surface area is 377 Å². The van der Waals surface area contributed by atoms with Gasteiger partial charge in [0, 0.05) is 25.2 Å². The number of aliphatic hydroxyl groups excluding tert-OH is 3. The summed E-state index contributed by atoms with van der Waals surface area (Å²) in [7, 11) is -4.80. The number of carboxylic acid groups (broad SMARTS) is 1. The maximum absolute atomic E-state index is 12.7. The lowest BCUT2D eigenvalue weighted by atomic mass is 9.88. The summed E-state index contributed by atoms with van der Waals surface area (Å²) in [6.07, 6.45) is 37.6. The summed E-state index contributed by atoms with van der Waals surface area (Å²) in [5.41, 5.74) is 5.33. The third-order valence-electron chi connectivity index (χ3n) is 10.5. The van der Waals surface area contributed by atoms with E-state index in [-0.39, 0.29) is 24.7 Å². The van der Waals surface area contributed by atoms with Crippen LogP contribution in [0, 0.1) is 11.8 Å². The Morgan fingerprint density at radius 3 is 1.89 bits per heavy atom. The molecular weight excluding hydrogens is 829 g/mol. The number of nitrogens with two attached hydrogens (primary N) is 1. The van der Waals surface area contributed by atoms with Gasteiger partial charge in [-0.25, -0.2) is 4.57 Å². The molecule has 0 aromatic heterocycles. The van der Waals surface area contributed by atoms with E-state index in [1.165, 1.54) is 19.3 Å². The fraction of sp³-hybridized carbons (Fsp3) is 0.688. The molecule has 1 rings (SSSR count). The van der Waals surface area contributed by atoms with E-state index >= 15 is 0 Å². The molecule has 0 bridgehead atoms. The maximum atomic E-state index is 12.7. The third-order valence-corrected chi connectivity index (χ3v) is 11.5. The Balaban J connectivity index is 2.50. The largest absolute Gasteiger partial charge is 0.480 e. The highest BCUT2D eigenvalue weighted by molar-refractivity contribution is 7.47. The van der Waals surface area contributed by atoms with Gasteiger partial charge < -0.3 is 40.5 Å². The molecule has 15 heteroatoms. The van der Waals surface area contributed by atoms with Gasteiger partial charge in [-0.15, -0.1) is 0 Å². The minimum absolute atomic E-state index is 0.00873. The minimum Gasteiger partial charge on any atom is -0.480 e. The van der Waals surface area contributed by atoms with E-state index in [1.54, 1.807) is 6.08 Å². The number of carboxylic acids is 1. The van der Waals surface area contributed by atoms with Crippen molar-refractivity contribution in [3.63, 3.8) is 0 Å². The van der Waals surface area contributed by atoms with Gasteiger partial charge in [0.2, 0.25) is 0 Å². The fourth-order valence-corrected chi connectivity index (χ4v) is 7.63. The first kappa shape index (κ1) is 57.8. The average Bonchev–Trinajstić information content (AvgIpc) is 3.52. The summed E-state index contributed by atoms with van der Waals surface area (Å²) in [6.45, 7) is 2.38. The van der Waals surface area contributed by atoms with E-state index in [4.69, 9.17) is 24.8 Å². The molecule has 7 N–H and O–H groups in total.